The molecule has 1 amide bonds. The molecule has 3 heterocycles. The second-order valence-electron chi connectivity index (χ2n) is 5.91. The molecule has 0 saturated carbocycles. The molecule has 1 unspecified atom stereocenters. The van der Waals surface area contributed by atoms with E-state index in [9.17, 15) is 4.79 Å². The fourth-order valence-corrected chi connectivity index (χ4v) is 2.61. The van der Waals surface area contributed by atoms with Gasteiger partial charge in [-0.3, -0.25) is 9.48 Å². The summed E-state index contributed by atoms with van der Waals surface area (Å²) >= 11 is 0. The van der Waals surface area contributed by atoms with Crippen LogP contribution in [0.5, 0.6) is 0 Å². The summed E-state index contributed by atoms with van der Waals surface area (Å²) in [5, 5.41) is 7.39. The first kappa shape index (κ1) is 15.2. The van der Waals surface area contributed by atoms with Crippen LogP contribution in [-0.4, -0.2) is 36.3 Å². The predicted molar refractivity (Wildman–Crippen MR) is 87.1 cm³/mol. The third-order valence-electron chi connectivity index (χ3n) is 3.74. The van der Waals surface area contributed by atoms with E-state index in [1.165, 1.54) is 0 Å². The molecule has 120 valence electrons. The third kappa shape index (κ3) is 3.08. The quantitative estimate of drug-likeness (QED) is 0.794. The second kappa shape index (κ2) is 5.83. The van der Waals surface area contributed by atoms with E-state index in [1.54, 1.807) is 18.6 Å². The molecule has 23 heavy (non-hydrogen) atoms. The molecule has 0 bridgehead atoms. The van der Waals surface area contributed by atoms with Crippen molar-refractivity contribution in [2.24, 2.45) is 7.05 Å². The van der Waals surface area contributed by atoms with E-state index in [4.69, 9.17) is 0 Å². The van der Waals surface area contributed by atoms with E-state index in [0.717, 1.165) is 17.0 Å². The van der Waals surface area contributed by atoms with Gasteiger partial charge in [0.05, 0.1) is 24.1 Å². The van der Waals surface area contributed by atoms with E-state index >= 15 is 0 Å². The summed E-state index contributed by atoms with van der Waals surface area (Å²) in [6.07, 6.45) is 3.26. The highest BCUT2D eigenvalue weighted by Crippen LogP contribution is 2.11. The number of rotatable bonds is 4. The van der Waals surface area contributed by atoms with Crippen LogP contribution in [0.25, 0.3) is 11.2 Å². The van der Waals surface area contributed by atoms with E-state index in [2.05, 4.69) is 20.4 Å². The molecule has 1 atom stereocenters. The van der Waals surface area contributed by atoms with Gasteiger partial charge in [-0.25, -0.2) is 9.97 Å². The van der Waals surface area contributed by atoms with Crippen molar-refractivity contribution in [2.45, 2.75) is 33.4 Å². The molecule has 3 aromatic heterocycles. The molecular weight excluding hydrogens is 292 g/mol. The average molecular weight is 312 g/mol. The van der Waals surface area contributed by atoms with Crippen LogP contribution in [0.15, 0.2) is 24.7 Å². The Morgan fingerprint density at radius 3 is 2.78 bits per heavy atom. The predicted octanol–water partition coefficient (Wildman–Crippen LogP) is 1.60. The maximum absolute atomic E-state index is 12.4. The number of nitrogens with one attached hydrogen (secondary N) is 1. The Morgan fingerprint density at radius 1 is 1.30 bits per heavy atom. The van der Waals surface area contributed by atoms with Crippen molar-refractivity contribution < 1.29 is 4.79 Å². The number of fused-ring (bicyclic) bond motifs is 1. The highest BCUT2D eigenvalue weighted by atomic mass is 16.1. The Kier molecular flexibility index (Phi) is 3.85. The van der Waals surface area contributed by atoms with E-state index in [1.807, 2.05) is 43.1 Å². The molecule has 0 aliphatic rings. The van der Waals surface area contributed by atoms with Crippen LogP contribution >= 0.6 is 0 Å². The lowest BCUT2D eigenvalue weighted by molar-refractivity contribution is 0.0935. The van der Waals surface area contributed by atoms with Gasteiger partial charge in [-0.1, -0.05) is 0 Å². The number of imidazole rings is 1. The van der Waals surface area contributed by atoms with Crippen molar-refractivity contribution in [3.8, 4) is 0 Å². The normalized spacial score (nSPS) is 12.5. The van der Waals surface area contributed by atoms with Crippen molar-refractivity contribution in [3.63, 3.8) is 0 Å². The first-order chi connectivity index (χ1) is 10.9. The fraction of sp³-hybridized carbons (Fsp3) is 0.375. The molecule has 0 saturated heterocycles. The van der Waals surface area contributed by atoms with Crippen molar-refractivity contribution >= 4 is 17.1 Å². The number of hydrogen-bond donors (Lipinski definition) is 1. The van der Waals surface area contributed by atoms with Crippen LogP contribution in [-0.2, 0) is 13.6 Å². The third-order valence-corrected chi connectivity index (χ3v) is 3.74. The second-order valence-corrected chi connectivity index (χ2v) is 5.91. The molecule has 0 spiro atoms. The Labute approximate surface area is 134 Å². The van der Waals surface area contributed by atoms with Gasteiger partial charge in [-0.15, -0.1) is 0 Å². The van der Waals surface area contributed by atoms with E-state index in [-0.39, 0.29) is 11.9 Å². The smallest absolute Gasteiger partial charge is 0.253 e. The van der Waals surface area contributed by atoms with Gasteiger partial charge in [0, 0.05) is 25.0 Å². The largest absolute Gasteiger partial charge is 0.348 e. The van der Waals surface area contributed by atoms with Gasteiger partial charge in [0.2, 0.25) is 0 Å². The van der Waals surface area contributed by atoms with Gasteiger partial charge >= 0.3 is 0 Å². The van der Waals surface area contributed by atoms with Gasteiger partial charge in [0.25, 0.3) is 5.91 Å². The zero-order valence-electron chi connectivity index (χ0n) is 13.7. The SMILES string of the molecule is Cc1cc(C)n(CC(C)NC(=O)c2cnc3c(c2)ncn3C)n1. The fourth-order valence-electron chi connectivity index (χ4n) is 2.61. The summed E-state index contributed by atoms with van der Waals surface area (Å²) in [5.74, 6) is -0.154. The van der Waals surface area contributed by atoms with Crippen molar-refractivity contribution in [1.29, 1.82) is 0 Å². The molecule has 0 aromatic carbocycles. The van der Waals surface area contributed by atoms with Crippen molar-refractivity contribution in [2.75, 3.05) is 0 Å². The minimum Gasteiger partial charge on any atom is -0.348 e. The Bertz CT molecular complexity index is 863. The van der Waals surface area contributed by atoms with Crippen molar-refractivity contribution in [3.05, 3.63) is 41.6 Å². The zero-order chi connectivity index (χ0) is 16.6. The summed E-state index contributed by atoms with van der Waals surface area (Å²) in [4.78, 5) is 20.9. The summed E-state index contributed by atoms with van der Waals surface area (Å²) in [6.45, 7) is 6.56. The van der Waals surface area contributed by atoms with Gasteiger partial charge in [0.1, 0.15) is 5.52 Å². The molecule has 7 heteroatoms. The summed E-state index contributed by atoms with van der Waals surface area (Å²) in [6, 6.07) is 3.74. The van der Waals surface area contributed by atoms with Gasteiger partial charge < -0.3 is 9.88 Å². The molecule has 0 fully saturated rings. The number of aromatic nitrogens is 5. The number of aryl methyl sites for hydroxylation is 3. The first-order valence-corrected chi connectivity index (χ1v) is 7.53. The standard InChI is InChI=1S/C16H20N6O/c1-10-5-12(3)22(20-10)8-11(2)19-16(23)13-6-14-15(17-7-13)21(4)9-18-14/h5-7,9,11H,8H2,1-4H3,(H,19,23). The topological polar surface area (TPSA) is 77.6 Å². The lowest BCUT2D eigenvalue weighted by Gasteiger charge is -2.15. The summed E-state index contributed by atoms with van der Waals surface area (Å²) < 4.78 is 3.73. The number of hydrogen-bond acceptors (Lipinski definition) is 4. The number of amides is 1. The van der Waals surface area contributed by atoms with E-state index in [0.29, 0.717) is 17.6 Å². The van der Waals surface area contributed by atoms with Gasteiger partial charge in [-0.05, 0) is 32.9 Å². The average Bonchev–Trinajstić information content (AvgIpc) is 3.01. The highest BCUT2D eigenvalue weighted by Gasteiger charge is 2.13. The van der Waals surface area contributed by atoms with Crippen LogP contribution in [0.3, 0.4) is 0 Å². The summed E-state index contributed by atoms with van der Waals surface area (Å²) in [5.41, 5.74) is 4.05. The molecule has 0 radical (unpaired) electrons. The van der Waals surface area contributed by atoms with Crippen LogP contribution in [0.2, 0.25) is 0 Å². The monoisotopic (exact) mass is 312 g/mol. The lowest BCUT2D eigenvalue weighted by Crippen LogP contribution is -2.36. The molecule has 1 N–H and O–H groups in total. The zero-order valence-corrected chi connectivity index (χ0v) is 13.7. The van der Waals surface area contributed by atoms with Gasteiger partial charge in [-0.2, -0.15) is 5.10 Å². The highest BCUT2D eigenvalue weighted by molar-refractivity contribution is 5.96. The molecule has 7 nitrogen and oxygen atoms in total. The van der Waals surface area contributed by atoms with Crippen LogP contribution < -0.4 is 5.32 Å². The maximum atomic E-state index is 12.4. The van der Waals surface area contributed by atoms with Crippen molar-refractivity contribution in [1.82, 2.24) is 29.6 Å². The number of carbonyl (C=O) groups is 1. The number of carbonyl (C=O) groups excluding carboxylic acids is 1. The Hall–Kier alpha value is -2.70. The Morgan fingerprint density at radius 2 is 2.09 bits per heavy atom. The van der Waals surface area contributed by atoms with Crippen LogP contribution in [0.1, 0.15) is 28.7 Å². The molecule has 0 aliphatic heterocycles. The lowest BCUT2D eigenvalue weighted by atomic mass is 10.2. The van der Waals surface area contributed by atoms with Gasteiger partial charge in [0.15, 0.2) is 5.65 Å². The van der Waals surface area contributed by atoms with E-state index < -0.39 is 0 Å². The number of nitrogens with zero attached hydrogens (tertiary/aromatic N) is 5. The van der Waals surface area contributed by atoms with Crippen LogP contribution in [0.4, 0.5) is 0 Å². The number of pyridine rings is 1. The molecule has 0 aliphatic carbocycles. The molecular formula is C16H20N6O. The first-order valence-electron chi connectivity index (χ1n) is 7.53. The van der Waals surface area contributed by atoms with Crippen LogP contribution in [0, 0.1) is 13.8 Å². The minimum absolute atomic E-state index is 0.0417. The Balaban J connectivity index is 1.70. The minimum atomic E-state index is -0.154. The molecule has 3 aromatic rings. The molecule has 3 rings (SSSR count). The maximum Gasteiger partial charge on any atom is 0.253 e. The summed E-state index contributed by atoms with van der Waals surface area (Å²) in [7, 11) is 1.87.